The highest BCUT2D eigenvalue weighted by atomic mass is 16.3. The van der Waals surface area contributed by atoms with Crippen LogP contribution in [0.5, 0.6) is 0 Å². The van der Waals surface area contributed by atoms with Crippen LogP contribution in [0.3, 0.4) is 0 Å². The lowest BCUT2D eigenvalue weighted by molar-refractivity contribution is -0.142. The summed E-state index contributed by atoms with van der Waals surface area (Å²) in [7, 11) is 0. The van der Waals surface area contributed by atoms with Gasteiger partial charge in [-0.25, -0.2) is 0 Å². The van der Waals surface area contributed by atoms with Crippen molar-refractivity contribution in [2.24, 2.45) is 17.3 Å². The molecule has 3 atom stereocenters. The van der Waals surface area contributed by atoms with Crippen molar-refractivity contribution in [1.29, 1.82) is 0 Å². The molecule has 0 spiro atoms. The Hall–Kier alpha value is -0.610. The van der Waals surface area contributed by atoms with E-state index in [2.05, 4.69) is 5.32 Å². The van der Waals surface area contributed by atoms with E-state index >= 15 is 0 Å². The molecule has 0 aromatic rings. The zero-order valence-electron chi connectivity index (χ0n) is 14.1. The number of likely N-dealkylation sites (tertiary alicyclic amines) is 1. The maximum atomic E-state index is 12.6. The summed E-state index contributed by atoms with van der Waals surface area (Å²) in [4.78, 5) is 14.5. The van der Waals surface area contributed by atoms with E-state index in [1.54, 1.807) is 0 Å². The van der Waals surface area contributed by atoms with Gasteiger partial charge in [-0.05, 0) is 38.6 Å². The monoisotopic (exact) mass is 296 g/mol. The molecule has 0 aromatic carbocycles. The average molecular weight is 296 g/mol. The summed E-state index contributed by atoms with van der Waals surface area (Å²) >= 11 is 0. The molecule has 2 rings (SSSR count). The molecule has 0 bridgehead atoms. The third kappa shape index (κ3) is 4.43. The van der Waals surface area contributed by atoms with Gasteiger partial charge in [0.15, 0.2) is 0 Å². The highest BCUT2D eigenvalue weighted by Gasteiger charge is 2.36. The molecule has 1 saturated carbocycles. The number of aliphatic hydroxyl groups is 1. The summed E-state index contributed by atoms with van der Waals surface area (Å²) in [5.74, 6) is 1.20. The first-order chi connectivity index (χ1) is 9.77. The van der Waals surface area contributed by atoms with Crippen molar-refractivity contribution in [2.75, 3.05) is 19.6 Å². The molecule has 21 heavy (non-hydrogen) atoms. The first-order valence-electron chi connectivity index (χ1n) is 8.48. The summed E-state index contributed by atoms with van der Waals surface area (Å²) in [6.45, 7) is 10.3. The molecule has 0 aromatic heterocycles. The van der Waals surface area contributed by atoms with Gasteiger partial charge < -0.3 is 15.3 Å². The smallest absolute Gasteiger partial charge is 0.228 e. The van der Waals surface area contributed by atoms with E-state index in [4.69, 9.17) is 0 Å². The van der Waals surface area contributed by atoms with Gasteiger partial charge in [0.1, 0.15) is 0 Å². The van der Waals surface area contributed by atoms with E-state index in [0.29, 0.717) is 12.6 Å². The van der Waals surface area contributed by atoms with Crippen LogP contribution in [0, 0.1) is 17.3 Å². The molecule has 1 heterocycles. The topological polar surface area (TPSA) is 52.6 Å². The second kappa shape index (κ2) is 6.66. The Kier molecular flexibility index (Phi) is 5.31. The minimum atomic E-state index is -0.353. The predicted octanol–water partition coefficient (Wildman–Crippen LogP) is 2.02. The van der Waals surface area contributed by atoms with Crippen LogP contribution in [0.2, 0.25) is 0 Å². The van der Waals surface area contributed by atoms with Gasteiger partial charge >= 0.3 is 0 Å². The van der Waals surface area contributed by atoms with Crippen LogP contribution in [-0.4, -0.2) is 47.7 Å². The number of piperidine rings is 1. The molecule has 2 N–H and O–H groups in total. The first kappa shape index (κ1) is 16.8. The highest BCUT2D eigenvalue weighted by molar-refractivity contribution is 5.81. The predicted molar refractivity (Wildman–Crippen MR) is 85.0 cm³/mol. The van der Waals surface area contributed by atoms with Gasteiger partial charge in [0, 0.05) is 30.5 Å². The van der Waals surface area contributed by atoms with Gasteiger partial charge in [-0.15, -0.1) is 0 Å². The Balaban J connectivity index is 1.95. The largest absolute Gasteiger partial charge is 0.393 e. The van der Waals surface area contributed by atoms with Gasteiger partial charge in [0.05, 0.1) is 6.10 Å². The van der Waals surface area contributed by atoms with Crippen LogP contribution < -0.4 is 5.32 Å². The van der Waals surface area contributed by atoms with Crippen molar-refractivity contribution in [3.63, 3.8) is 0 Å². The molecular formula is C17H32N2O2. The Morgan fingerprint density at radius 2 is 2.00 bits per heavy atom. The molecule has 3 unspecified atom stereocenters. The van der Waals surface area contributed by atoms with Crippen LogP contribution in [0.4, 0.5) is 0 Å². The van der Waals surface area contributed by atoms with Crippen LogP contribution in [0.15, 0.2) is 0 Å². The molecule has 2 aliphatic rings. The maximum absolute atomic E-state index is 12.6. The lowest BCUT2D eigenvalue weighted by atomic mass is 9.84. The van der Waals surface area contributed by atoms with Crippen molar-refractivity contribution >= 4 is 5.91 Å². The number of amides is 1. The van der Waals surface area contributed by atoms with Crippen molar-refractivity contribution in [1.82, 2.24) is 10.2 Å². The minimum Gasteiger partial charge on any atom is -0.393 e. The summed E-state index contributed by atoms with van der Waals surface area (Å²) < 4.78 is 0. The van der Waals surface area contributed by atoms with Crippen LogP contribution in [0.1, 0.15) is 53.4 Å². The zero-order valence-corrected chi connectivity index (χ0v) is 14.1. The third-order valence-electron chi connectivity index (χ3n) is 5.01. The molecule has 0 radical (unpaired) electrons. The summed E-state index contributed by atoms with van der Waals surface area (Å²) in [6.07, 6.45) is 4.66. The Labute approximate surface area is 129 Å². The molecule has 2 fully saturated rings. The molecule has 1 saturated heterocycles. The van der Waals surface area contributed by atoms with Crippen molar-refractivity contribution in [3.8, 4) is 0 Å². The molecular weight excluding hydrogens is 264 g/mol. The van der Waals surface area contributed by atoms with Crippen molar-refractivity contribution in [3.05, 3.63) is 0 Å². The average Bonchev–Trinajstić information content (AvgIpc) is 2.34. The Morgan fingerprint density at radius 3 is 2.48 bits per heavy atom. The van der Waals surface area contributed by atoms with E-state index in [-0.39, 0.29) is 23.3 Å². The fraction of sp³-hybridized carbons (Fsp3) is 0.941. The lowest BCUT2D eigenvalue weighted by Crippen LogP contribution is -2.56. The van der Waals surface area contributed by atoms with Gasteiger partial charge in [-0.1, -0.05) is 27.2 Å². The van der Waals surface area contributed by atoms with Gasteiger partial charge in [-0.3, -0.25) is 4.79 Å². The number of hydrogen-bond acceptors (Lipinski definition) is 3. The number of carbonyl (C=O) groups excluding carboxylic acids is 1. The van der Waals surface area contributed by atoms with Crippen molar-refractivity contribution < 1.29 is 9.90 Å². The van der Waals surface area contributed by atoms with Crippen LogP contribution in [0.25, 0.3) is 0 Å². The van der Waals surface area contributed by atoms with Crippen LogP contribution >= 0.6 is 0 Å². The number of nitrogens with one attached hydrogen (secondary N) is 1. The third-order valence-corrected chi connectivity index (χ3v) is 5.01. The molecule has 1 aliphatic carbocycles. The van der Waals surface area contributed by atoms with Gasteiger partial charge in [-0.2, -0.15) is 0 Å². The second-order valence-electron chi connectivity index (χ2n) is 8.10. The minimum absolute atomic E-state index is 0.184. The standard InChI is InChI=1S/C17H32N2O2/c1-12(20)14-8-15(18-9-13-6-5-7-13)11-19(10-14)16(21)17(2,3)4/h12-15,18,20H,5-11H2,1-4H3. The molecule has 122 valence electrons. The zero-order chi connectivity index (χ0) is 15.6. The molecule has 1 amide bonds. The number of nitrogens with zero attached hydrogens (tertiary/aromatic N) is 1. The number of carbonyl (C=O) groups is 1. The normalized spacial score (nSPS) is 29.1. The summed E-state index contributed by atoms with van der Waals surface area (Å²) in [5, 5.41) is 13.6. The maximum Gasteiger partial charge on any atom is 0.228 e. The quantitative estimate of drug-likeness (QED) is 0.834. The molecule has 4 heteroatoms. The number of hydrogen-bond donors (Lipinski definition) is 2. The summed E-state index contributed by atoms with van der Waals surface area (Å²) in [5.41, 5.74) is -0.348. The van der Waals surface area contributed by atoms with E-state index in [0.717, 1.165) is 25.4 Å². The fourth-order valence-electron chi connectivity index (χ4n) is 3.31. The Bertz CT molecular complexity index is 358. The highest BCUT2D eigenvalue weighted by Crippen LogP contribution is 2.28. The number of aliphatic hydroxyl groups excluding tert-OH is 1. The Morgan fingerprint density at radius 1 is 1.33 bits per heavy atom. The fourth-order valence-corrected chi connectivity index (χ4v) is 3.31. The van der Waals surface area contributed by atoms with Gasteiger partial charge in [0.2, 0.25) is 5.91 Å². The molecule has 4 nitrogen and oxygen atoms in total. The van der Waals surface area contributed by atoms with Crippen molar-refractivity contribution in [2.45, 2.75) is 65.5 Å². The SMILES string of the molecule is CC(O)C1CC(NCC2CCC2)CN(C(=O)C(C)(C)C)C1. The first-order valence-corrected chi connectivity index (χ1v) is 8.48. The second-order valence-corrected chi connectivity index (χ2v) is 8.10. The molecule has 1 aliphatic heterocycles. The van der Waals surface area contributed by atoms with Gasteiger partial charge in [0.25, 0.3) is 0 Å². The number of rotatable bonds is 4. The van der Waals surface area contributed by atoms with E-state index in [9.17, 15) is 9.90 Å². The summed E-state index contributed by atoms with van der Waals surface area (Å²) in [6, 6.07) is 0.324. The van der Waals surface area contributed by atoms with E-state index < -0.39 is 0 Å². The van der Waals surface area contributed by atoms with Crippen LogP contribution in [-0.2, 0) is 4.79 Å². The lowest BCUT2D eigenvalue weighted by Gasteiger charge is -2.42. The van der Waals surface area contributed by atoms with E-state index in [1.807, 2.05) is 32.6 Å². The van der Waals surface area contributed by atoms with E-state index in [1.165, 1.54) is 19.3 Å².